The number of halogens is 1. The molecule has 0 amide bonds. The highest BCUT2D eigenvalue weighted by atomic mass is 35.5. The highest BCUT2D eigenvalue weighted by Crippen LogP contribution is 2.41. The van der Waals surface area contributed by atoms with Gasteiger partial charge in [0.1, 0.15) is 11.4 Å². The van der Waals surface area contributed by atoms with Crippen molar-refractivity contribution >= 4 is 11.6 Å². The Balaban J connectivity index is 2.27. The Morgan fingerprint density at radius 1 is 1.44 bits per heavy atom. The lowest BCUT2D eigenvalue weighted by Crippen LogP contribution is -2.24. The summed E-state index contributed by atoms with van der Waals surface area (Å²) >= 11 is 6.22. The van der Waals surface area contributed by atoms with Gasteiger partial charge in [0.2, 0.25) is 0 Å². The molecule has 88 valence electrons. The van der Waals surface area contributed by atoms with E-state index in [1.807, 2.05) is 6.07 Å². The molecule has 1 aromatic carbocycles. The lowest BCUT2D eigenvalue weighted by molar-refractivity contribution is 0.138. The topological polar surface area (TPSA) is 35.2 Å². The first-order valence-corrected chi connectivity index (χ1v) is 6.10. The number of rotatable bonds is 3. The van der Waals surface area contributed by atoms with Gasteiger partial charge in [0.05, 0.1) is 5.02 Å². The SMILES string of the molecule is CC1(C)Cc2cc(CCCN)cc(Cl)c2O1. The zero-order valence-corrected chi connectivity index (χ0v) is 10.6. The molecular formula is C13H18ClNO. The number of hydrogen-bond donors (Lipinski definition) is 1. The van der Waals surface area contributed by atoms with Crippen LogP contribution in [0.4, 0.5) is 0 Å². The summed E-state index contributed by atoms with van der Waals surface area (Å²) in [5.74, 6) is 0.864. The summed E-state index contributed by atoms with van der Waals surface area (Å²) < 4.78 is 5.83. The third kappa shape index (κ3) is 2.33. The molecule has 0 fully saturated rings. The summed E-state index contributed by atoms with van der Waals surface area (Å²) in [5.41, 5.74) is 7.87. The maximum Gasteiger partial charge on any atom is 0.142 e. The van der Waals surface area contributed by atoms with E-state index in [0.717, 1.165) is 36.6 Å². The van der Waals surface area contributed by atoms with E-state index >= 15 is 0 Å². The van der Waals surface area contributed by atoms with Crippen LogP contribution in [0.3, 0.4) is 0 Å². The van der Waals surface area contributed by atoms with E-state index in [4.69, 9.17) is 22.1 Å². The molecule has 2 N–H and O–H groups in total. The number of ether oxygens (including phenoxy) is 1. The molecule has 2 rings (SSSR count). The predicted molar refractivity (Wildman–Crippen MR) is 67.2 cm³/mol. The standard InChI is InChI=1S/C13H18ClNO/c1-13(2)8-10-6-9(4-3-5-15)7-11(14)12(10)16-13/h6-7H,3-5,8,15H2,1-2H3. The number of benzene rings is 1. The van der Waals surface area contributed by atoms with Crippen LogP contribution < -0.4 is 10.5 Å². The van der Waals surface area contributed by atoms with Crippen LogP contribution in [0.1, 0.15) is 31.4 Å². The van der Waals surface area contributed by atoms with Gasteiger partial charge in [-0.2, -0.15) is 0 Å². The Morgan fingerprint density at radius 2 is 2.19 bits per heavy atom. The van der Waals surface area contributed by atoms with Crippen molar-refractivity contribution in [3.63, 3.8) is 0 Å². The molecule has 0 saturated heterocycles. The minimum atomic E-state index is -0.127. The molecule has 0 atom stereocenters. The van der Waals surface area contributed by atoms with E-state index in [0.29, 0.717) is 0 Å². The summed E-state index contributed by atoms with van der Waals surface area (Å²) in [6.07, 6.45) is 2.92. The first-order valence-electron chi connectivity index (χ1n) is 5.72. The maximum absolute atomic E-state index is 6.22. The Kier molecular flexibility index (Phi) is 3.13. The van der Waals surface area contributed by atoms with Gasteiger partial charge in [0.25, 0.3) is 0 Å². The van der Waals surface area contributed by atoms with Gasteiger partial charge in [-0.15, -0.1) is 0 Å². The highest BCUT2D eigenvalue weighted by molar-refractivity contribution is 6.32. The Labute approximate surface area is 102 Å². The smallest absolute Gasteiger partial charge is 0.142 e. The average Bonchev–Trinajstić information content (AvgIpc) is 2.50. The molecule has 1 aromatic rings. The van der Waals surface area contributed by atoms with Crippen molar-refractivity contribution in [1.29, 1.82) is 0 Å². The molecule has 0 spiro atoms. The zero-order chi connectivity index (χ0) is 11.8. The van der Waals surface area contributed by atoms with E-state index in [-0.39, 0.29) is 5.60 Å². The van der Waals surface area contributed by atoms with E-state index in [9.17, 15) is 0 Å². The predicted octanol–water partition coefficient (Wildman–Crippen LogP) is 2.94. The first kappa shape index (κ1) is 11.7. The van der Waals surface area contributed by atoms with Crippen LogP contribution in [-0.4, -0.2) is 12.1 Å². The maximum atomic E-state index is 6.22. The Bertz CT molecular complexity index is 401. The van der Waals surface area contributed by atoms with E-state index in [1.165, 1.54) is 11.1 Å². The third-order valence-corrected chi connectivity index (χ3v) is 3.13. The fourth-order valence-corrected chi connectivity index (χ4v) is 2.48. The summed E-state index contributed by atoms with van der Waals surface area (Å²) in [6.45, 7) is 4.89. The summed E-state index contributed by atoms with van der Waals surface area (Å²) in [4.78, 5) is 0. The molecule has 0 bridgehead atoms. The number of fused-ring (bicyclic) bond motifs is 1. The molecule has 0 unspecified atom stereocenters. The second kappa shape index (κ2) is 4.27. The van der Waals surface area contributed by atoms with E-state index < -0.39 is 0 Å². The van der Waals surface area contributed by atoms with Gasteiger partial charge in [0.15, 0.2) is 0 Å². The third-order valence-electron chi connectivity index (χ3n) is 2.84. The molecule has 0 radical (unpaired) electrons. The number of aryl methyl sites for hydroxylation is 1. The van der Waals surface area contributed by atoms with Crippen molar-refractivity contribution in [2.45, 2.75) is 38.7 Å². The van der Waals surface area contributed by atoms with Crippen molar-refractivity contribution in [1.82, 2.24) is 0 Å². The lowest BCUT2D eigenvalue weighted by atomic mass is 9.99. The molecule has 1 aliphatic heterocycles. The first-order chi connectivity index (χ1) is 7.52. The van der Waals surface area contributed by atoms with Gasteiger partial charge in [-0.05, 0) is 50.4 Å². The van der Waals surface area contributed by atoms with Crippen LogP contribution in [-0.2, 0) is 12.8 Å². The van der Waals surface area contributed by atoms with Crippen LogP contribution in [0, 0.1) is 0 Å². The molecule has 0 saturated carbocycles. The van der Waals surface area contributed by atoms with Crippen molar-refractivity contribution < 1.29 is 4.74 Å². The monoisotopic (exact) mass is 239 g/mol. The lowest BCUT2D eigenvalue weighted by Gasteiger charge is -2.17. The molecule has 3 heteroatoms. The molecule has 1 aliphatic rings. The number of nitrogens with two attached hydrogens (primary N) is 1. The molecule has 0 aliphatic carbocycles. The molecule has 16 heavy (non-hydrogen) atoms. The van der Waals surface area contributed by atoms with Crippen LogP contribution in [0.5, 0.6) is 5.75 Å². The van der Waals surface area contributed by atoms with Crippen LogP contribution in [0.15, 0.2) is 12.1 Å². The van der Waals surface area contributed by atoms with Gasteiger partial charge in [-0.25, -0.2) is 0 Å². The van der Waals surface area contributed by atoms with Crippen LogP contribution in [0.25, 0.3) is 0 Å². The van der Waals surface area contributed by atoms with Gasteiger partial charge in [-0.1, -0.05) is 17.7 Å². The second-order valence-electron chi connectivity index (χ2n) is 5.00. The van der Waals surface area contributed by atoms with Crippen LogP contribution >= 0.6 is 11.6 Å². The van der Waals surface area contributed by atoms with Crippen molar-refractivity contribution in [2.75, 3.05) is 6.54 Å². The minimum Gasteiger partial charge on any atom is -0.486 e. The summed E-state index contributed by atoms with van der Waals surface area (Å²) in [6, 6.07) is 4.20. The summed E-state index contributed by atoms with van der Waals surface area (Å²) in [5, 5.41) is 0.732. The van der Waals surface area contributed by atoms with Crippen LogP contribution in [0.2, 0.25) is 5.02 Å². The van der Waals surface area contributed by atoms with Crippen molar-refractivity contribution in [2.24, 2.45) is 5.73 Å². The number of hydrogen-bond acceptors (Lipinski definition) is 2. The van der Waals surface area contributed by atoms with E-state index in [1.54, 1.807) is 0 Å². The molecular weight excluding hydrogens is 222 g/mol. The summed E-state index contributed by atoms with van der Waals surface area (Å²) in [7, 11) is 0. The van der Waals surface area contributed by atoms with Gasteiger partial charge in [-0.3, -0.25) is 0 Å². The van der Waals surface area contributed by atoms with Gasteiger partial charge < -0.3 is 10.5 Å². The quantitative estimate of drug-likeness (QED) is 0.880. The van der Waals surface area contributed by atoms with Gasteiger partial charge >= 0.3 is 0 Å². The zero-order valence-electron chi connectivity index (χ0n) is 9.85. The van der Waals surface area contributed by atoms with Crippen molar-refractivity contribution in [3.8, 4) is 5.75 Å². The normalized spacial score (nSPS) is 17.0. The minimum absolute atomic E-state index is 0.127. The van der Waals surface area contributed by atoms with E-state index in [2.05, 4.69) is 19.9 Å². The largest absolute Gasteiger partial charge is 0.486 e. The second-order valence-corrected chi connectivity index (χ2v) is 5.40. The highest BCUT2D eigenvalue weighted by Gasteiger charge is 2.31. The molecule has 1 heterocycles. The average molecular weight is 240 g/mol. The molecule has 2 nitrogen and oxygen atoms in total. The fraction of sp³-hybridized carbons (Fsp3) is 0.538. The van der Waals surface area contributed by atoms with Crippen molar-refractivity contribution in [3.05, 3.63) is 28.3 Å². The van der Waals surface area contributed by atoms with Gasteiger partial charge in [0, 0.05) is 6.42 Å². The fourth-order valence-electron chi connectivity index (χ4n) is 2.18. The molecule has 0 aromatic heterocycles. The Hall–Kier alpha value is -0.730. The Morgan fingerprint density at radius 3 is 2.88 bits per heavy atom.